The third-order valence-electron chi connectivity index (χ3n) is 4.18. The third-order valence-corrected chi connectivity index (χ3v) is 4.18. The van der Waals surface area contributed by atoms with Crippen LogP contribution in [0.1, 0.15) is 32.6 Å². The van der Waals surface area contributed by atoms with Gasteiger partial charge in [0, 0.05) is 6.04 Å². The minimum Gasteiger partial charge on any atom is -0.408 e. The van der Waals surface area contributed by atoms with E-state index in [1.807, 2.05) is 6.07 Å². The van der Waals surface area contributed by atoms with Gasteiger partial charge in [-0.1, -0.05) is 31.9 Å². The predicted molar refractivity (Wildman–Crippen MR) is 80.0 cm³/mol. The standard InChI is InChI=1S/C16H20N2O3/c1-11-5-4-6-12(9-11)17-15(19)10-18-13-7-2-3-8-14(13)21-16(18)20/h2-3,7-8,11-12H,4-6,9-10H2,1H3,(H,17,19). The van der Waals surface area contributed by atoms with Crippen molar-refractivity contribution in [3.05, 3.63) is 34.8 Å². The summed E-state index contributed by atoms with van der Waals surface area (Å²) < 4.78 is 6.52. The van der Waals surface area contributed by atoms with Crippen molar-refractivity contribution in [1.29, 1.82) is 0 Å². The first-order valence-electron chi connectivity index (χ1n) is 7.51. The van der Waals surface area contributed by atoms with Crippen LogP contribution in [0.25, 0.3) is 11.1 Å². The molecule has 2 unspecified atom stereocenters. The van der Waals surface area contributed by atoms with Crippen LogP contribution in [0.4, 0.5) is 0 Å². The predicted octanol–water partition coefficient (Wildman–Crippen LogP) is 2.29. The summed E-state index contributed by atoms with van der Waals surface area (Å²) in [6, 6.07) is 7.38. The molecule has 1 heterocycles. The molecule has 5 heteroatoms. The summed E-state index contributed by atoms with van der Waals surface area (Å²) in [7, 11) is 0. The van der Waals surface area contributed by atoms with Crippen molar-refractivity contribution in [3.8, 4) is 0 Å². The zero-order valence-electron chi connectivity index (χ0n) is 12.2. The molecule has 112 valence electrons. The Kier molecular flexibility index (Phi) is 3.82. The second kappa shape index (κ2) is 5.76. The number of hydrogen-bond donors (Lipinski definition) is 1. The van der Waals surface area contributed by atoms with Crippen molar-refractivity contribution in [2.45, 2.75) is 45.2 Å². The monoisotopic (exact) mass is 288 g/mol. The molecule has 2 atom stereocenters. The zero-order chi connectivity index (χ0) is 14.8. The Morgan fingerprint density at radius 1 is 1.38 bits per heavy atom. The number of aromatic nitrogens is 1. The summed E-state index contributed by atoms with van der Waals surface area (Å²) in [6.07, 6.45) is 4.43. The van der Waals surface area contributed by atoms with Crippen LogP contribution in [-0.4, -0.2) is 16.5 Å². The van der Waals surface area contributed by atoms with E-state index in [0.29, 0.717) is 17.0 Å². The van der Waals surface area contributed by atoms with Gasteiger partial charge < -0.3 is 9.73 Å². The smallest absolute Gasteiger partial charge is 0.408 e. The molecule has 21 heavy (non-hydrogen) atoms. The zero-order valence-corrected chi connectivity index (χ0v) is 12.2. The van der Waals surface area contributed by atoms with E-state index in [2.05, 4.69) is 12.2 Å². The summed E-state index contributed by atoms with van der Waals surface area (Å²) in [4.78, 5) is 24.0. The van der Waals surface area contributed by atoms with Crippen molar-refractivity contribution < 1.29 is 9.21 Å². The van der Waals surface area contributed by atoms with E-state index in [-0.39, 0.29) is 18.5 Å². The van der Waals surface area contributed by atoms with E-state index in [4.69, 9.17) is 4.42 Å². The first-order chi connectivity index (χ1) is 10.1. The van der Waals surface area contributed by atoms with E-state index in [9.17, 15) is 9.59 Å². The summed E-state index contributed by atoms with van der Waals surface area (Å²) in [5.41, 5.74) is 1.18. The molecule has 1 N–H and O–H groups in total. The Morgan fingerprint density at radius 2 is 2.19 bits per heavy atom. The first kappa shape index (κ1) is 13.9. The first-order valence-corrected chi connectivity index (χ1v) is 7.51. The maximum atomic E-state index is 12.2. The summed E-state index contributed by atoms with van der Waals surface area (Å²) in [5.74, 6) is 0.0487. The molecular formula is C16H20N2O3. The quantitative estimate of drug-likeness (QED) is 0.942. The van der Waals surface area contributed by atoms with Crippen LogP contribution in [0.3, 0.4) is 0 Å². The van der Waals surface area contributed by atoms with Crippen molar-refractivity contribution in [3.63, 3.8) is 0 Å². The topological polar surface area (TPSA) is 64.2 Å². The normalized spacial score (nSPS) is 22.3. The lowest BCUT2D eigenvalue weighted by molar-refractivity contribution is -0.122. The van der Waals surface area contributed by atoms with Gasteiger partial charge in [-0.25, -0.2) is 4.79 Å². The Morgan fingerprint density at radius 3 is 3.00 bits per heavy atom. The molecule has 2 aromatic rings. The highest BCUT2D eigenvalue weighted by Crippen LogP contribution is 2.23. The summed E-state index contributed by atoms with van der Waals surface area (Å²) in [6.45, 7) is 2.23. The minimum absolute atomic E-state index is 0.0146. The number of nitrogens with zero attached hydrogens (tertiary/aromatic N) is 1. The van der Waals surface area contributed by atoms with Crippen LogP contribution in [-0.2, 0) is 11.3 Å². The lowest BCUT2D eigenvalue weighted by atomic mass is 9.87. The fourth-order valence-corrected chi connectivity index (χ4v) is 3.15. The summed E-state index contributed by atoms with van der Waals surface area (Å²) >= 11 is 0. The van der Waals surface area contributed by atoms with E-state index < -0.39 is 5.76 Å². The van der Waals surface area contributed by atoms with Crippen molar-refractivity contribution in [2.24, 2.45) is 5.92 Å². The second-order valence-corrected chi connectivity index (χ2v) is 5.96. The molecule has 1 aromatic heterocycles. The van der Waals surface area contributed by atoms with E-state index in [0.717, 1.165) is 19.3 Å². The highest BCUT2D eigenvalue weighted by atomic mass is 16.4. The molecule has 1 fully saturated rings. The number of carbonyl (C=O) groups excluding carboxylic acids is 1. The van der Waals surface area contributed by atoms with Gasteiger partial charge in [0.05, 0.1) is 5.52 Å². The molecule has 0 bridgehead atoms. The molecule has 0 spiro atoms. The lowest BCUT2D eigenvalue weighted by Crippen LogP contribution is -2.40. The number of fused-ring (bicyclic) bond motifs is 1. The molecule has 0 radical (unpaired) electrons. The van der Waals surface area contributed by atoms with E-state index >= 15 is 0 Å². The van der Waals surface area contributed by atoms with Crippen LogP contribution < -0.4 is 11.1 Å². The third kappa shape index (κ3) is 3.01. The number of hydrogen-bond acceptors (Lipinski definition) is 3. The molecule has 1 amide bonds. The van der Waals surface area contributed by atoms with Crippen LogP contribution >= 0.6 is 0 Å². The van der Waals surface area contributed by atoms with E-state index in [1.54, 1.807) is 18.2 Å². The number of oxazole rings is 1. The van der Waals surface area contributed by atoms with Crippen LogP contribution in [0.5, 0.6) is 0 Å². The van der Waals surface area contributed by atoms with Gasteiger partial charge in [0.25, 0.3) is 0 Å². The van der Waals surface area contributed by atoms with Gasteiger partial charge in [0.1, 0.15) is 6.54 Å². The number of nitrogens with one attached hydrogen (secondary N) is 1. The van der Waals surface area contributed by atoms with Gasteiger partial charge in [-0.2, -0.15) is 0 Å². The number of carbonyl (C=O) groups is 1. The van der Waals surface area contributed by atoms with Crippen LogP contribution in [0, 0.1) is 5.92 Å². The molecular weight excluding hydrogens is 268 g/mol. The fraction of sp³-hybridized carbons (Fsp3) is 0.500. The Balaban J connectivity index is 1.71. The highest BCUT2D eigenvalue weighted by Gasteiger charge is 2.21. The minimum atomic E-state index is -0.483. The van der Waals surface area contributed by atoms with Crippen molar-refractivity contribution >= 4 is 17.0 Å². The Bertz CT molecular complexity index is 701. The van der Waals surface area contributed by atoms with Gasteiger partial charge in [-0.05, 0) is 30.9 Å². The number of para-hydroxylation sites is 2. The highest BCUT2D eigenvalue weighted by molar-refractivity contribution is 5.79. The molecule has 1 saturated carbocycles. The van der Waals surface area contributed by atoms with Gasteiger partial charge in [0.15, 0.2) is 5.58 Å². The molecule has 3 rings (SSSR count). The summed E-state index contributed by atoms with van der Waals surface area (Å²) in [5, 5.41) is 3.04. The number of rotatable bonds is 3. The number of amides is 1. The molecule has 5 nitrogen and oxygen atoms in total. The van der Waals surface area contributed by atoms with Gasteiger partial charge in [0.2, 0.25) is 5.91 Å². The molecule has 0 saturated heterocycles. The van der Waals surface area contributed by atoms with Crippen molar-refractivity contribution in [1.82, 2.24) is 9.88 Å². The largest absolute Gasteiger partial charge is 0.420 e. The van der Waals surface area contributed by atoms with Crippen molar-refractivity contribution in [2.75, 3.05) is 0 Å². The van der Waals surface area contributed by atoms with Crippen LogP contribution in [0.15, 0.2) is 33.5 Å². The molecule has 1 aromatic carbocycles. The van der Waals surface area contributed by atoms with E-state index in [1.165, 1.54) is 11.0 Å². The average Bonchev–Trinajstić information content (AvgIpc) is 2.75. The van der Waals surface area contributed by atoms with Gasteiger partial charge in [-0.15, -0.1) is 0 Å². The Hall–Kier alpha value is -2.04. The fourth-order valence-electron chi connectivity index (χ4n) is 3.15. The van der Waals surface area contributed by atoms with Gasteiger partial charge >= 0.3 is 5.76 Å². The molecule has 1 aliphatic carbocycles. The maximum absolute atomic E-state index is 12.2. The number of benzene rings is 1. The maximum Gasteiger partial charge on any atom is 0.420 e. The second-order valence-electron chi connectivity index (χ2n) is 5.96. The lowest BCUT2D eigenvalue weighted by Gasteiger charge is -2.27. The molecule has 0 aliphatic heterocycles. The Labute approximate surface area is 122 Å². The van der Waals surface area contributed by atoms with Crippen LogP contribution in [0.2, 0.25) is 0 Å². The SMILES string of the molecule is CC1CCCC(NC(=O)Cn2c(=O)oc3ccccc32)C1. The average molecular weight is 288 g/mol. The van der Waals surface area contributed by atoms with Gasteiger partial charge in [-0.3, -0.25) is 9.36 Å². The molecule has 1 aliphatic rings.